The SMILES string of the molecule is CCCNc1cccc(NCC2CSCCS2)n1. The third-order valence-electron chi connectivity index (χ3n) is 2.70. The van der Waals surface area contributed by atoms with Gasteiger partial charge < -0.3 is 10.6 Å². The molecule has 1 saturated heterocycles. The first kappa shape index (κ1) is 13.9. The Morgan fingerprint density at radius 3 is 2.83 bits per heavy atom. The van der Waals surface area contributed by atoms with Crippen LogP contribution in [-0.2, 0) is 0 Å². The molecule has 2 rings (SSSR count). The number of hydrogen-bond acceptors (Lipinski definition) is 5. The highest BCUT2D eigenvalue weighted by molar-refractivity contribution is 8.06. The molecule has 1 aliphatic rings. The third kappa shape index (κ3) is 4.61. The Morgan fingerprint density at radius 1 is 1.28 bits per heavy atom. The van der Waals surface area contributed by atoms with Crippen molar-refractivity contribution in [2.75, 3.05) is 41.0 Å². The molecule has 18 heavy (non-hydrogen) atoms. The van der Waals surface area contributed by atoms with E-state index in [0.29, 0.717) is 0 Å². The molecule has 5 heteroatoms. The van der Waals surface area contributed by atoms with E-state index in [1.54, 1.807) is 0 Å². The lowest BCUT2D eigenvalue weighted by Gasteiger charge is -2.21. The van der Waals surface area contributed by atoms with Crippen LogP contribution in [-0.4, -0.2) is 40.6 Å². The first-order valence-electron chi connectivity index (χ1n) is 6.52. The topological polar surface area (TPSA) is 37.0 Å². The first-order chi connectivity index (χ1) is 8.88. The highest BCUT2D eigenvalue weighted by Crippen LogP contribution is 2.24. The average Bonchev–Trinajstić information content (AvgIpc) is 2.44. The van der Waals surface area contributed by atoms with Crippen molar-refractivity contribution in [3.63, 3.8) is 0 Å². The Hall–Kier alpha value is -0.550. The maximum Gasteiger partial charge on any atom is 0.128 e. The summed E-state index contributed by atoms with van der Waals surface area (Å²) in [7, 11) is 0. The lowest BCUT2D eigenvalue weighted by atomic mass is 10.4. The van der Waals surface area contributed by atoms with Crippen LogP contribution >= 0.6 is 23.5 Å². The molecular formula is C13H21N3S2. The summed E-state index contributed by atoms with van der Waals surface area (Å²) in [5.41, 5.74) is 0. The Bertz CT molecular complexity index is 354. The van der Waals surface area contributed by atoms with Crippen LogP contribution in [0.5, 0.6) is 0 Å². The van der Waals surface area contributed by atoms with Crippen molar-refractivity contribution >= 4 is 35.2 Å². The molecule has 0 amide bonds. The van der Waals surface area contributed by atoms with Gasteiger partial charge in [-0.2, -0.15) is 23.5 Å². The quantitative estimate of drug-likeness (QED) is 0.839. The van der Waals surface area contributed by atoms with E-state index >= 15 is 0 Å². The van der Waals surface area contributed by atoms with E-state index in [1.165, 1.54) is 17.3 Å². The molecule has 0 spiro atoms. The smallest absolute Gasteiger partial charge is 0.128 e. The minimum atomic E-state index is 0.720. The van der Waals surface area contributed by atoms with Crippen LogP contribution in [0.25, 0.3) is 0 Å². The number of rotatable bonds is 6. The van der Waals surface area contributed by atoms with Crippen molar-refractivity contribution in [1.82, 2.24) is 4.98 Å². The van der Waals surface area contributed by atoms with Crippen molar-refractivity contribution in [1.29, 1.82) is 0 Å². The summed E-state index contributed by atoms with van der Waals surface area (Å²) in [6, 6.07) is 6.11. The van der Waals surface area contributed by atoms with E-state index in [1.807, 2.05) is 12.1 Å². The Morgan fingerprint density at radius 2 is 2.11 bits per heavy atom. The van der Waals surface area contributed by atoms with Gasteiger partial charge in [-0.05, 0) is 18.6 Å². The van der Waals surface area contributed by atoms with E-state index in [2.05, 4.69) is 52.1 Å². The zero-order chi connectivity index (χ0) is 12.6. The minimum Gasteiger partial charge on any atom is -0.370 e. The van der Waals surface area contributed by atoms with Crippen molar-refractivity contribution in [2.45, 2.75) is 18.6 Å². The number of nitrogens with one attached hydrogen (secondary N) is 2. The van der Waals surface area contributed by atoms with Crippen molar-refractivity contribution in [3.05, 3.63) is 18.2 Å². The molecule has 0 radical (unpaired) electrons. The second kappa shape index (κ2) is 7.79. The molecule has 1 unspecified atom stereocenters. The molecule has 3 nitrogen and oxygen atoms in total. The normalized spacial score (nSPS) is 19.5. The van der Waals surface area contributed by atoms with E-state index in [4.69, 9.17) is 0 Å². The summed E-state index contributed by atoms with van der Waals surface area (Å²) < 4.78 is 0. The van der Waals surface area contributed by atoms with Crippen LogP contribution in [0.15, 0.2) is 18.2 Å². The van der Waals surface area contributed by atoms with Gasteiger partial charge in [0, 0.05) is 35.6 Å². The second-order valence-corrected chi connectivity index (χ2v) is 6.84. The fraction of sp³-hybridized carbons (Fsp3) is 0.615. The zero-order valence-corrected chi connectivity index (χ0v) is 12.4. The molecule has 0 bridgehead atoms. The molecule has 0 saturated carbocycles. The highest BCUT2D eigenvalue weighted by atomic mass is 32.2. The summed E-state index contributed by atoms with van der Waals surface area (Å²) in [4.78, 5) is 4.56. The molecule has 0 aromatic carbocycles. The van der Waals surface area contributed by atoms with Crippen LogP contribution in [0.3, 0.4) is 0 Å². The fourth-order valence-corrected chi connectivity index (χ4v) is 4.37. The summed E-state index contributed by atoms with van der Waals surface area (Å²) in [5.74, 6) is 5.78. The lowest BCUT2D eigenvalue weighted by Crippen LogP contribution is -2.23. The van der Waals surface area contributed by atoms with Gasteiger partial charge in [0.25, 0.3) is 0 Å². The van der Waals surface area contributed by atoms with Gasteiger partial charge in [-0.1, -0.05) is 13.0 Å². The predicted octanol–water partition coefficient (Wildman–Crippen LogP) is 3.16. The maximum atomic E-state index is 4.56. The molecule has 1 fully saturated rings. The highest BCUT2D eigenvalue weighted by Gasteiger charge is 2.13. The molecule has 1 aliphatic heterocycles. The largest absolute Gasteiger partial charge is 0.370 e. The number of hydrogen-bond donors (Lipinski definition) is 2. The van der Waals surface area contributed by atoms with Gasteiger partial charge in [-0.15, -0.1) is 0 Å². The Balaban J connectivity index is 1.80. The Kier molecular flexibility index (Phi) is 6.00. The molecule has 1 aromatic rings. The molecule has 2 N–H and O–H groups in total. The van der Waals surface area contributed by atoms with Gasteiger partial charge in [0.1, 0.15) is 11.6 Å². The average molecular weight is 283 g/mol. The molecule has 0 aliphatic carbocycles. The third-order valence-corrected chi connectivity index (χ3v) is 5.55. The van der Waals surface area contributed by atoms with Gasteiger partial charge in [-0.3, -0.25) is 0 Å². The predicted molar refractivity (Wildman–Crippen MR) is 85.1 cm³/mol. The zero-order valence-electron chi connectivity index (χ0n) is 10.8. The number of pyridine rings is 1. The number of thioether (sulfide) groups is 2. The summed E-state index contributed by atoms with van der Waals surface area (Å²) in [6.45, 7) is 4.15. The van der Waals surface area contributed by atoms with Crippen LogP contribution in [0.1, 0.15) is 13.3 Å². The maximum absolute atomic E-state index is 4.56. The first-order valence-corrected chi connectivity index (χ1v) is 8.73. The van der Waals surface area contributed by atoms with E-state index in [9.17, 15) is 0 Å². The van der Waals surface area contributed by atoms with Crippen molar-refractivity contribution in [2.24, 2.45) is 0 Å². The minimum absolute atomic E-state index is 0.720. The summed E-state index contributed by atoms with van der Waals surface area (Å²) in [6.07, 6.45) is 1.12. The standard InChI is InChI=1S/C13H21N3S2/c1-2-6-14-12-4-3-5-13(16-12)15-9-11-10-17-7-8-18-11/h3-5,11H,2,6-10H2,1H3,(H2,14,15,16). The Labute approximate surface area is 118 Å². The fourth-order valence-electron chi connectivity index (χ4n) is 1.76. The summed E-state index contributed by atoms with van der Waals surface area (Å²) in [5, 5.41) is 7.48. The number of aromatic nitrogens is 1. The number of anilines is 2. The van der Waals surface area contributed by atoms with Gasteiger partial charge >= 0.3 is 0 Å². The lowest BCUT2D eigenvalue weighted by molar-refractivity contribution is 0.963. The molecule has 2 heterocycles. The van der Waals surface area contributed by atoms with E-state index < -0.39 is 0 Å². The van der Waals surface area contributed by atoms with Gasteiger partial charge in [-0.25, -0.2) is 4.98 Å². The molecule has 100 valence electrons. The molecule has 1 atom stereocenters. The monoisotopic (exact) mass is 283 g/mol. The van der Waals surface area contributed by atoms with Crippen LogP contribution in [0.4, 0.5) is 11.6 Å². The van der Waals surface area contributed by atoms with E-state index in [0.717, 1.165) is 36.4 Å². The van der Waals surface area contributed by atoms with Gasteiger partial charge in [0.15, 0.2) is 0 Å². The van der Waals surface area contributed by atoms with Crippen LogP contribution in [0.2, 0.25) is 0 Å². The molecular weight excluding hydrogens is 262 g/mol. The summed E-state index contributed by atoms with van der Waals surface area (Å²) >= 11 is 4.13. The van der Waals surface area contributed by atoms with Gasteiger partial charge in [0.2, 0.25) is 0 Å². The van der Waals surface area contributed by atoms with E-state index in [-0.39, 0.29) is 0 Å². The van der Waals surface area contributed by atoms with Crippen molar-refractivity contribution < 1.29 is 0 Å². The second-order valence-electron chi connectivity index (χ2n) is 4.28. The molecule has 1 aromatic heterocycles. The van der Waals surface area contributed by atoms with Crippen molar-refractivity contribution in [3.8, 4) is 0 Å². The number of nitrogens with zero attached hydrogens (tertiary/aromatic N) is 1. The van der Waals surface area contributed by atoms with Crippen LogP contribution in [0, 0.1) is 0 Å². The van der Waals surface area contributed by atoms with Crippen LogP contribution < -0.4 is 10.6 Å². The van der Waals surface area contributed by atoms with Gasteiger partial charge in [0.05, 0.1) is 0 Å².